The second-order valence-electron chi connectivity index (χ2n) is 4.08. The van der Waals surface area contributed by atoms with Crippen LogP contribution in [0.4, 0.5) is 0 Å². The summed E-state index contributed by atoms with van der Waals surface area (Å²) in [5.41, 5.74) is 5.21. The van der Waals surface area contributed by atoms with E-state index >= 15 is 0 Å². The van der Waals surface area contributed by atoms with Crippen LogP contribution in [0.3, 0.4) is 0 Å². The number of hydrogen-bond acceptors (Lipinski definition) is 2. The number of rotatable bonds is 1. The van der Waals surface area contributed by atoms with Crippen LogP contribution in [0, 0.1) is 5.92 Å². The van der Waals surface area contributed by atoms with Crippen molar-refractivity contribution in [1.82, 2.24) is 0 Å². The summed E-state index contributed by atoms with van der Waals surface area (Å²) < 4.78 is 0. The molecular weight excluding hydrogens is 178 g/mol. The molecule has 0 aromatic carbocycles. The molecule has 0 aliphatic heterocycles. The smallest absolute Gasteiger partial charge is 0.227 e. The summed E-state index contributed by atoms with van der Waals surface area (Å²) in [4.78, 5) is 22.6. The Balaban J connectivity index is 2.51. The lowest BCUT2D eigenvalue weighted by molar-refractivity contribution is -0.132. The molecule has 14 heavy (non-hydrogen) atoms. The SMILES string of the molecule is NC(=O)C1CCCCCCCCC1=O. The van der Waals surface area contributed by atoms with Crippen molar-refractivity contribution in [2.75, 3.05) is 0 Å². The minimum Gasteiger partial charge on any atom is -0.369 e. The fourth-order valence-corrected chi connectivity index (χ4v) is 1.99. The van der Waals surface area contributed by atoms with Gasteiger partial charge in [0.25, 0.3) is 0 Å². The largest absolute Gasteiger partial charge is 0.369 e. The van der Waals surface area contributed by atoms with Crippen LogP contribution < -0.4 is 5.73 Å². The van der Waals surface area contributed by atoms with Gasteiger partial charge in [0, 0.05) is 6.42 Å². The maximum absolute atomic E-state index is 11.6. The van der Waals surface area contributed by atoms with Crippen LogP contribution in [0.5, 0.6) is 0 Å². The summed E-state index contributed by atoms with van der Waals surface area (Å²) in [7, 11) is 0. The lowest BCUT2D eigenvalue weighted by Crippen LogP contribution is -2.30. The summed E-state index contributed by atoms with van der Waals surface area (Å²) in [6, 6.07) is 0. The molecule has 1 aliphatic carbocycles. The van der Waals surface area contributed by atoms with Crippen molar-refractivity contribution < 1.29 is 9.59 Å². The number of carbonyl (C=O) groups is 2. The highest BCUT2D eigenvalue weighted by molar-refractivity contribution is 6.00. The van der Waals surface area contributed by atoms with Crippen molar-refractivity contribution in [2.24, 2.45) is 11.7 Å². The molecule has 0 radical (unpaired) electrons. The van der Waals surface area contributed by atoms with Crippen LogP contribution in [0.2, 0.25) is 0 Å². The van der Waals surface area contributed by atoms with Crippen LogP contribution in [0.15, 0.2) is 0 Å². The molecule has 1 unspecified atom stereocenters. The zero-order valence-electron chi connectivity index (χ0n) is 8.63. The Morgan fingerprint density at radius 2 is 1.64 bits per heavy atom. The number of ketones is 1. The van der Waals surface area contributed by atoms with E-state index in [4.69, 9.17) is 5.73 Å². The second kappa shape index (κ2) is 5.78. The van der Waals surface area contributed by atoms with Gasteiger partial charge in [0.2, 0.25) is 5.91 Å². The van der Waals surface area contributed by atoms with Gasteiger partial charge in [-0.3, -0.25) is 9.59 Å². The zero-order valence-corrected chi connectivity index (χ0v) is 8.63. The number of primary amides is 1. The second-order valence-corrected chi connectivity index (χ2v) is 4.08. The minimum absolute atomic E-state index is 0.0550. The fraction of sp³-hybridized carbons (Fsp3) is 0.818. The molecule has 1 rings (SSSR count). The third kappa shape index (κ3) is 3.48. The van der Waals surface area contributed by atoms with Gasteiger partial charge >= 0.3 is 0 Å². The quantitative estimate of drug-likeness (QED) is 0.651. The van der Waals surface area contributed by atoms with E-state index in [0.29, 0.717) is 12.8 Å². The van der Waals surface area contributed by atoms with E-state index < -0.39 is 11.8 Å². The topological polar surface area (TPSA) is 60.2 Å². The van der Waals surface area contributed by atoms with E-state index in [1.165, 1.54) is 12.8 Å². The van der Waals surface area contributed by atoms with Gasteiger partial charge in [-0.05, 0) is 12.8 Å². The molecule has 1 aliphatic rings. The summed E-state index contributed by atoms with van der Waals surface area (Å²) in [6.45, 7) is 0. The average Bonchev–Trinajstić information content (AvgIpc) is 2.15. The average molecular weight is 197 g/mol. The van der Waals surface area contributed by atoms with E-state index in [1.54, 1.807) is 0 Å². The maximum Gasteiger partial charge on any atom is 0.227 e. The van der Waals surface area contributed by atoms with Gasteiger partial charge in [-0.25, -0.2) is 0 Å². The number of Topliss-reactive ketones (excluding diaryl/α,β-unsaturated/α-hetero) is 1. The standard InChI is InChI=1S/C11H19NO2/c12-11(14)9-7-5-3-1-2-4-6-8-10(9)13/h9H,1-8H2,(H2,12,14). The van der Waals surface area contributed by atoms with Gasteiger partial charge in [-0.2, -0.15) is 0 Å². The van der Waals surface area contributed by atoms with Gasteiger partial charge in [-0.15, -0.1) is 0 Å². The normalized spacial score (nSPS) is 25.7. The molecule has 1 amide bonds. The molecule has 80 valence electrons. The summed E-state index contributed by atoms with van der Waals surface area (Å²) in [6.07, 6.45) is 7.74. The lowest BCUT2D eigenvalue weighted by atomic mass is 9.91. The van der Waals surface area contributed by atoms with Crippen molar-refractivity contribution >= 4 is 11.7 Å². The van der Waals surface area contributed by atoms with E-state index in [2.05, 4.69) is 0 Å². The molecule has 0 bridgehead atoms. The van der Waals surface area contributed by atoms with Gasteiger partial charge in [-0.1, -0.05) is 32.1 Å². The van der Waals surface area contributed by atoms with E-state index in [9.17, 15) is 9.59 Å². The Hall–Kier alpha value is -0.860. The van der Waals surface area contributed by atoms with Crippen molar-refractivity contribution in [1.29, 1.82) is 0 Å². The molecule has 1 saturated carbocycles. The Labute approximate surface area is 85.0 Å². The number of hydrogen-bond donors (Lipinski definition) is 1. The molecule has 0 heterocycles. The minimum atomic E-state index is -0.506. The summed E-state index contributed by atoms with van der Waals surface area (Å²) in [5.74, 6) is -0.886. The van der Waals surface area contributed by atoms with Crippen LogP contribution >= 0.6 is 0 Å². The summed E-state index contributed by atoms with van der Waals surface area (Å²) >= 11 is 0. The van der Waals surface area contributed by atoms with E-state index in [1.807, 2.05) is 0 Å². The number of carbonyl (C=O) groups excluding carboxylic acids is 2. The Kier molecular flexibility index (Phi) is 4.63. The van der Waals surface area contributed by atoms with Crippen LogP contribution in [0.1, 0.15) is 51.4 Å². The molecule has 1 fully saturated rings. The Morgan fingerprint density at radius 3 is 2.29 bits per heavy atom. The molecule has 0 aromatic heterocycles. The zero-order chi connectivity index (χ0) is 10.4. The highest BCUT2D eigenvalue weighted by Crippen LogP contribution is 2.18. The molecule has 0 spiro atoms. The molecule has 0 saturated heterocycles. The molecule has 0 aromatic rings. The predicted molar refractivity (Wildman–Crippen MR) is 54.6 cm³/mol. The first-order chi connectivity index (χ1) is 6.72. The van der Waals surface area contributed by atoms with Crippen molar-refractivity contribution in [3.8, 4) is 0 Å². The van der Waals surface area contributed by atoms with Crippen LogP contribution in [-0.4, -0.2) is 11.7 Å². The van der Waals surface area contributed by atoms with Crippen LogP contribution in [-0.2, 0) is 9.59 Å². The molecule has 1 atom stereocenters. The molecule has 2 N–H and O–H groups in total. The summed E-state index contributed by atoms with van der Waals surface area (Å²) in [5, 5.41) is 0. The monoisotopic (exact) mass is 197 g/mol. The van der Waals surface area contributed by atoms with Crippen LogP contribution in [0.25, 0.3) is 0 Å². The highest BCUT2D eigenvalue weighted by Gasteiger charge is 2.23. The fourth-order valence-electron chi connectivity index (χ4n) is 1.99. The molecule has 3 heteroatoms. The van der Waals surface area contributed by atoms with Crippen molar-refractivity contribution in [3.63, 3.8) is 0 Å². The highest BCUT2D eigenvalue weighted by atomic mass is 16.2. The Morgan fingerprint density at radius 1 is 1.07 bits per heavy atom. The first-order valence-electron chi connectivity index (χ1n) is 5.54. The number of amides is 1. The third-order valence-corrected chi connectivity index (χ3v) is 2.90. The van der Waals surface area contributed by atoms with Crippen molar-refractivity contribution in [3.05, 3.63) is 0 Å². The van der Waals surface area contributed by atoms with Gasteiger partial charge in [0.1, 0.15) is 5.78 Å². The third-order valence-electron chi connectivity index (χ3n) is 2.90. The molecule has 3 nitrogen and oxygen atoms in total. The van der Waals surface area contributed by atoms with Gasteiger partial charge in [0.05, 0.1) is 5.92 Å². The first kappa shape index (κ1) is 11.2. The van der Waals surface area contributed by atoms with E-state index in [-0.39, 0.29) is 5.78 Å². The van der Waals surface area contributed by atoms with Gasteiger partial charge < -0.3 is 5.73 Å². The Bertz CT molecular complexity index is 213. The predicted octanol–water partition coefficient (Wildman–Crippen LogP) is 1.79. The van der Waals surface area contributed by atoms with Crippen molar-refractivity contribution in [2.45, 2.75) is 51.4 Å². The van der Waals surface area contributed by atoms with Gasteiger partial charge in [0.15, 0.2) is 0 Å². The van der Waals surface area contributed by atoms with E-state index in [0.717, 1.165) is 25.7 Å². The lowest BCUT2D eigenvalue weighted by Gasteiger charge is -2.13. The maximum atomic E-state index is 11.6. The number of nitrogens with two attached hydrogens (primary N) is 1. The first-order valence-corrected chi connectivity index (χ1v) is 5.54. The molecular formula is C11H19NO2.